The second-order valence-corrected chi connectivity index (χ2v) is 6.98. The summed E-state index contributed by atoms with van der Waals surface area (Å²) in [4.78, 5) is 18.8. The SMILES string of the molecule is O=C(NCCCn1ccnc1)c1cccc(-c2cc(N3CCCC3)cnn2)c1. The number of benzene rings is 1. The van der Waals surface area contributed by atoms with Gasteiger partial charge >= 0.3 is 0 Å². The van der Waals surface area contributed by atoms with E-state index in [2.05, 4.69) is 31.5 Å². The molecule has 0 atom stereocenters. The third kappa shape index (κ3) is 4.36. The Morgan fingerprint density at radius 2 is 2.07 bits per heavy atom. The Bertz CT molecular complexity index is 918. The van der Waals surface area contributed by atoms with E-state index in [9.17, 15) is 4.79 Å². The molecule has 1 aromatic carbocycles. The first-order chi connectivity index (χ1) is 13.8. The molecule has 7 heteroatoms. The van der Waals surface area contributed by atoms with Gasteiger partial charge in [-0.2, -0.15) is 10.2 Å². The largest absolute Gasteiger partial charge is 0.370 e. The highest BCUT2D eigenvalue weighted by Gasteiger charge is 2.14. The smallest absolute Gasteiger partial charge is 0.251 e. The molecular weight excluding hydrogens is 352 g/mol. The van der Waals surface area contributed by atoms with Gasteiger partial charge in [-0.05, 0) is 37.5 Å². The monoisotopic (exact) mass is 376 g/mol. The summed E-state index contributed by atoms with van der Waals surface area (Å²) >= 11 is 0. The van der Waals surface area contributed by atoms with E-state index in [4.69, 9.17) is 0 Å². The van der Waals surface area contributed by atoms with Crippen LogP contribution in [0.3, 0.4) is 0 Å². The van der Waals surface area contributed by atoms with Crippen LogP contribution in [0.4, 0.5) is 5.69 Å². The van der Waals surface area contributed by atoms with Crippen LogP contribution < -0.4 is 10.2 Å². The number of anilines is 1. The summed E-state index contributed by atoms with van der Waals surface area (Å²) in [6.07, 6.45) is 10.6. The van der Waals surface area contributed by atoms with Gasteiger partial charge in [0, 0.05) is 49.7 Å². The highest BCUT2D eigenvalue weighted by Crippen LogP contribution is 2.24. The number of hydrogen-bond acceptors (Lipinski definition) is 5. The molecule has 7 nitrogen and oxygen atoms in total. The van der Waals surface area contributed by atoms with E-state index in [1.807, 2.05) is 41.2 Å². The van der Waals surface area contributed by atoms with E-state index in [1.54, 1.807) is 12.5 Å². The van der Waals surface area contributed by atoms with Crippen LogP contribution in [0.15, 0.2) is 55.2 Å². The maximum Gasteiger partial charge on any atom is 0.251 e. The Balaban J connectivity index is 1.39. The van der Waals surface area contributed by atoms with Crippen molar-refractivity contribution in [1.82, 2.24) is 25.1 Å². The van der Waals surface area contributed by atoms with Crippen LogP contribution in [-0.4, -0.2) is 45.3 Å². The molecule has 144 valence electrons. The molecule has 1 aliphatic rings. The van der Waals surface area contributed by atoms with Crippen LogP contribution in [0.5, 0.6) is 0 Å². The molecule has 28 heavy (non-hydrogen) atoms. The van der Waals surface area contributed by atoms with Crippen molar-refractivity contribution < 1.29 is 4.79 Å². The lowest BCUT2D eigenvalue weighted by atomic mass is 10.1. The normalized spacial score (nSPS) is 13.6. The lowest BCUT2D eigenvalue weighted by Crippen LogP contribution is -2.25. The minimum Gasteiger partial charge on any atom is -0.370 e. The van der Waals surface area contributed by atoms with Crippen molar-refractivity contribution in [2.24, 2.45) is 0 Å². The highest BCUT2D eigenvalue weighted by atomic mass is 16.1. The Morgan fingerprint density at radius 1 is 1.18 bits per heavy atom. The summed E-state index contributed by atoms with van der Waals surface area (Å²) in [6.45, 7) is 3.57. The van der Waals surface area contributed by atoms with Crippen molar-refractivity contribution in [1.29, 1.82) is 0 Å². The van der Waals surface area contributed by atoms with Gasteiger partial charge in [0.1, 0.15) is 0 Å². The zero-order valence-electron chi connectivity index (χ0n) is 15.8. The van der Waals surface area contributed by atoms with Gasteiger partial charge in [0.25, 0.3) is 5.91 Å². The first-order valence-electron chi connectivity index (χ1n) is 9.72. The minimum absolute atomic E-state index is 0.0730. The summed E-state index contributed by atoms with van der Waals surface area (Å²) in [6, 6.07) is 9.61. The van der Waals surface area contributed by atoms with Crippen LogP contribution in [0.2, 0.25) is 0 Å². The Hall–Kier alpha value is -3.22. The quantitative estimate of drug-likeness (QED) is 0.642. The zero-order valence-corrected chi connectivity index (χ0v) is 15.8. The van der Waals surface area contributed by atoms with Gasteiger partial charge in [-0.15, -0.1) is 0 Å². The molecule has 4 rings (SSSR count). The number of hydrogen-bond donors (Lipinski definition) is 1. The molecular formula is C21H24N6O. The molecule has 0 bridgehead atoms. The average molecular weight is 376 g/mol. The minimum atomic E-state index is -0.0730. The van der Waals surface area contributed by atoms with Crippen molar-refractivity contribution in [3.05, 3.63) is 60.8 Å². The molecule has 3 aromatic rings. The third-order valence-electron chi connectivity index (χ3n) is 4.97. The number of imidazole rings is 1. The molecule has 0 saturated carbocycles. The number of aromatic nitrogens is 4. The van der Waals surface area contributed by atoms with Crippen molar-refractivity contribution in [2.45, 2.75) is 25.8 Å². The van der Waals surface area contributed by atoms with Gasteiger partial charge in [-0.25, -0.2) is 4.98 Å². The van der Waals surface area contributed by atoms with Crippen LogP contribution in [-0.2, 0) is 6.54 Å². The molecule has 2 aromatic heterocycles. The zero-order chi connectivity index (χ0) is 19.2. The van der Waals surface area contributed by atoms with E-state index in [1.165, 1.54) is 12.8 Å². The molecule has 0 aliphatic carbocycles. The van der Waals surface area contributed by atoms with Gasteiger partial charge in [0.2, 0.25) is 0 Å². The molecule has 1 N–H and O–H groups in total. The van der Waals surface area contributed by atoms with E-state index >= 15 is 0 Å². The van der Waals surface area contributed by atoms with Crippen molar-refractivity contribution in [3.63, 3.8) is 0 Å². The number of nitrogens with one attached hydrogen (secondary N) is 1. The third-order valence-corrected chi connectivity index (χ3v) is 4.97. The molecule has 1 saturated heterocycles. The fourth-order valence-electron chi connectivity index (χ4n) is 3.45. The predicted molar refractivity (Wildman–Crippen MR) is 108 cm³/mol. The van der Waals surface area contributed by atoms with Crippen molar-refractivity contribution in [2.75, 3.05) is 24.5 Å². The van der Waals surface area contributed by atoms with E-state index in [0.717, 1.165) is 43.0 Å². The first-order valence-corrected chi connectivity index (χ1v) is 9.72. The van der Waals surface area contributed by atoms with Crippen LogP contribution in [0, 0.1) is 0 Å². The van der Waals surface area contributed by atoms with Crippen LogP contribution in [0.1, 0.15) is 29.6 Å². The second-order valence-electron chi connectivity index (χ2n) is 6.98. The molecule has 0 radical (unpaired) electrons. The van der Waals surface area contributed by atoms with E-state index < -0.39 is 0 Å². The number of carbonyl (C=O) groups excluding carboxylic acids is 1. The number of aryl methyl sites for hydroxylation is 1. The Morgan fingerprint density at radius 3 is 2.89 bits per heavy atom. The van der Waals surface area contributed by atoms with Crippen molar-refractivity contribution >= 4 is 11.6 Å². The van der Waals surface area contributed by atoms with Crippen molar-refractivity contribution in [3.8, 4) is 11.3 Å². The Labute approximate surface area is 164 Å². The van der Waals surface area contributed by atoms with Gasteiger partial charge < -0.3 is 14.8 Å². The van der Waals surface area contributed by atoms with E-state index in [0.29, 0.717) is 12.1 Å². The molecule has 1 amide bonds. The lowest BCUT2D eigenvalue weighted by Gasteiger charge is -2.17. The predicted octanol–water partition coefficient (Wildman–Crippen LogP) is 2.76. The summed E-state index contributed by atoms with van der Waals surface area (Å²) in [7, 11) is 0. The molecule has 1 aliphatic heterocycles. The average Bonchev–Trinajstić information content (AvgIpc) is 3.45. The molecule has 3 heterocycles. The lowest BCUT2D eigenvalue weighted by molar-refractivity contribution is 0.0953. The topological polar surface area (TPSA) is 75.9 Å². The maximum absolute atomic E-state index is 12.5. The maximum atomic E-state index is 12.5. The number of amides is 1. The summed E-state index contributed by atoms with van der Waals surface area (Å²) in [5.41, 5.74) is 3.42. The molecule has 1 fully saturated rings. The molecule has 0 unspecified atom stereocenters. The first kappa shape index (κ1) is 18.2. The van der Waals surface area contributed by atoms with Crippen LogP contribution in [0.25, 0.3) is 11.3 Å². The number of rotatable bonds is 7. The number of carbonyl (C=O) groups is 1. The van der Waals surface area contributed by atoms with Gasteiger partial charge in [-0.3, -0.25) is 4.79 Å². The highest BCUT2D eigenvalue weighted by molar-refractivity contribution is 5.95. The van der Waals surface area contributed by atoms with Gasteiger partial charge in [-0.1, -0.05) is 12.1 Å². The fraction of sp³-hybridized carbons (Fsp3) is 0.333. The Kier molecular flexibility index (Phi) is 5.61. The fourth-order valence-corrected chi connectivity index (χ4v) is 3.45. The second kappa shape index (κ2) is 8.65. The summed E-state index contributed by atoms with van der Waals surface area (Å²) in [5, 5.41) is 11.4. The van der Waals surface area contributed by atoms with Gasteiger partial charge in [0.05, 0.1) is 23.9 Å². The number of nitrogens with zero attached hydrogens (tertiary/aromatic N) is 5. The standard InChI is InChI=1S/C21H24N6O/c28-21(23-7-4-9-26-12-8-22-16-26)18-6-3-5-17(13-18)20-14-19(15-24-25-20)27-10-1-2-11-27/h3,5-6,8,12-16H,1-2,4,7,9-11H2,(H,23,28). The summed E-state index contributed by atoms with van der Waals surface area (Å²) < 4.78 is 2.00. The van der Waals surface area contributed by atoms with Gasteiger partial charge in [0.15, 0.2) is 0 Å². The summed E-state index contributed by atoms with van der Waals surface area (Å²) in [5.74, 6) is -0.0730. The van der Waals surface area contributed by atoms with E-state index in [-0.39, 0.29) is 5.91 Å². The van der Waals surface area contributed by atoms with Crippen LogP contribution >= 0.6 is 0 Å². The molecule has 0 spiro atoms.